The summed E-state index contributed by atoms with van der Waals surface area (Å²) in [5, 5.41) is 13.7. The van der Waals surface area contributed by atoms with Gasteiger partial charge in [-0.2, -0.15) is 11.8 Å². The molecule has 0 radical (unpaired) electrons. The molecule has 0 aromatic heterocycles. The highest BCUT2D eigenvalue weighted by atomic mass is 127. The average molecular weight is 457 g/mol. The van der Waals surface area contributed by atoms with Gasteiger partial charge in [-0.3, -0.25) is 9.79 Å². The van der Waals surface area contributed by atoms with Gasteiger partial charge in [-0.05, 0) is 31.9 Å². The van der Waals surface area contributed by atoms with Gasteiger partial charge >= 0.3 is 5.97 Å². The summed E-state index contributed by atoms with van der Waals surface area (Å²) < 4.78 is 5.09. The maximum absolute atomic E-state index is 11.8. The number of aliphatic imine (C=N–C) groups is 1. The summed E-state index contributed by atoms with van der Waals surface area (Å²) in [4.78, 5) is 18.2. The molecule has 0 amide bonds. The lowest BCUT2D eigenvalue weighted by atomic mass is 9.97. The van der Waals surface area contributed by atoms with Crippen molar-refractivity contribution in [3.05, 3.63) is 0 Å². The van der Waals surface area contributed by atoms with Crippen molar-refractivity contribution in [2.75, 3.05) is 44.8 Å². The van der Waals surface area contributed by atoms with E-state index in [0.717, 1.165) is 49.8 Å². The van der Waals surface area contributed by atoms with E-state index in [9.17, 15) is 9.90 Å². The van der Waals surface area contributed by atoms with Crippen LogP contribution < -0.4 is 5.32 Å². The largest absolute Gasteiger partial charge is 0.466 e. The zero-order valence-corrected chi connectivity index (χ0v) is 17.1. The Kier molecular flexibility index (Phi) is 8.99. The Bertz CT molecular complexity index is 409. The molecule has 2 aliphatic rings. The minimum Gasteiger partial charge on any atom is -0.466 e. The molecule has 0 saturated carbocycles. The number of likely N-dealkylation sites (tertiary alicyclic amines) is 1. The van der Waals surface area contributed by atoms with Crippen LogP contribution in [-0.2, 0) is 9.53 Å². The molecule has 0 aromatic rings. The van der Waals surface area contributed by atoms with Crippen LogP contribution in [0.3, 0.4) is 0 Å². The molecule has 2 fully saturated rings. The Morgan fingerprint density at radius 1 is 1.48 bits per heavy atom. The molecule has 0 spiro atoms. The normalized spacial score (nSPS) is 25.9. The number of nitrogens with one attached hydrogen (secondary N) is 1. The Morgan fingerprint density at radius 2 is 2.17 bits per heavy atom. The van der Waals surface area contributed by atoms with Crippen molar-refractivity contribution in [1.29, 1.82) is 0 Å². The maximum atomic E-state index is 11.8. The van der Waals surface area contributed by atoms with Crippen molar-refractivity contribution in [2.24, 2.45) is 10.9 Å². The highest BCUT2D eigenvalue weighted by molar-refractivity contribution is 14.0. The average Bonchev–Trinajstić information content (AvgIpc) is 2.96. The number of rotatable bonds is 4. The third kappa shape index (κ3) is 5.97. The van der Waals surface area contributed by atoms with E-state index < -0.39 is 5.60 Å². The van der Waals surface area contributed by atoms with Crippen molar-refractivity contribution in [3.63, 3.8) is 0 Å². The van der Waals surface area contributed by atoms with Crippen LogP contribution >= 0.6 is 35.7 Å². The van der Waals surface area contributed by atoms with Gasteiger partial charge in [0.05, 0.1) is 18.1 Å². The van der Waals surface area contributed by atoms with E-state index in [4.69, 9.17) is 4.74 Å². The molecular formula is C15H28IN3O3S. The third-order valence-corrected chi connectivity index (χ3v) is 5.52. The molecule has 1 atom stereocenters. The summed E-state index contributed by atoms with van der Waals surface area (Å²) in [6.45, 7) is 4.39. The number of carbonyl (C=O) groups is 1. The number of carbonyl (C=O) groups excluding carboxylic acids is 1. The first-order valence-corrected chi connectivity index (χ1v) is 9.16. The monoisotopic (exact) mass is 457 g/mol. The Morgan fingerprint density at radius 3 is 2.70 bits per heavy atom. The van der Waals surface area contributed by atoms with Gasteiger partial charge in [-0.25, -0.2) is 0 Å². The van der Waals surface area contributed by atoms with Gasteiger partial charge < -0.3 is 20.1 Å². The quantitative estimate of drug-likeness (QED) is 0.287. The number of guanidine groups is 1. The lowest BCUT2D eigenvalue weighted by Crippen LogP contribution is -2.51. The molecule has 6 nitrogen and oxygen atoms in total. The zero-order chi connectivity index (χ0) is 16.0. The summed E-state index contributed by atoms with van der Waals surface area (Å²) in [5.41, 5.74) is -0.621. The first kappa shape index (κ1) is 20.8. The van der Waals surface area contributed by atoms with Crippen molar-refractivity contribution >= 4 is 47.7 Å². The van der Waals surface area contributed by atoms with Crippen molar-refractivity contribution in [3.8, 4) is 0 Å². The van der Waals surface area contributed by atoms with Crippen LogP contribution in [0.4, 0.5) is 0 Å². The molecule has 134 valence electrons. The standard InChI is InChI=1S/C15H27N3O3S.HI/c1-3-21-13(19)12-4-7-18(8-5-12)14(16-2)17-10-15(20)6-9-22-11-15;/h12,20H,3-11H2,1-2H3,(H,16,17);1H. The molecule has 2 saturated heterocycles. The molecule has 1 unspecified atom stereocenters. The number of nitrogens with zero attached hydrogens (tertiary/aromatic N) is 2. The first-order valence-electron chi connectivity index (χ1n) is 8.00. The summed E-state index contributed by atoms with van der Waals surface area (Å²) in [6, 6.07) is 0. The van der Waals surface area contributed by atoms with E-state index >= 15 is 0 Å². The summed E-state index contributed by atoms with van der Waals surface area (Å²) in [6.07, 6.45) is 2.41. The second kappa shape index (κ2) is 9.93. The van der Waals surface area contributed by atoms with Gasteiger partial charge in [0.1, 0.15) is 0 Å². The SMILES string of the molecule is CCOC(=O)C1CCN(C(=NC)NCC2(O)CCSC2)CC1.I. The number of aliphatic hydroxyl groups is 1. The van der Waals surface area contributed by atoms with Crippen molar-refractivity contribution < 1.29 is 14.6 Å². The van der Waals surface area contributed by atoms with E-state index in [1.165, 1.54) is 0 Å². The first-order chi connectivity index (χ1) is 10.6. The van der Waals surface area contributed by atoms with Crippen molar-refractivity contribution in [2.45, 2.75) is 31.8 Å². The van der Waals surface area contributed by atoms with Gasteiger partial charge in [0.25, 0.3) is 0 Å². The highest BCUT2D eigenvalue weighted by Crippen LogP contribution is 2.27. The fourth-order valence-corrected chi connectivity index (χ4v) is 4.19. The van der Waals surface area contributed by atoms with Gasteiger partial charge in [0, 0.05) is 32.4 Å². The van der Waals surface area contributed by atoms with E-state index in [0.29, 0.717) is 13.2 Å². The topological polar surface area (TPSA) is 74.2 Å². The van der Waals surface area contributed by atoms with Gasteiger partial charge in [-0.1, -0.05) is 0 Å². The van der Waals surface area contributed by atoms with Gasteiger partial charge in [0.2, 0.25) is 0 Å². The molecule has 0 aromatic carbocycles. The van der Waals surface area contributed by atoms with Crippen LogP contribution in [0.25, 0.3) is 0 Å². The Balaban J connectivity index is 0.00000264. The fourth-order valence-electron chi connectivity index (χ4n) is 2.90. The molecular weight excluding hydrogens is 429 g/mol. The maximum Gasteiger partial charge on any atom is 0.309 e. The second-order valence-electron chi connectivity index (χ2n) is 5.94. The zero-order valence-electron chi connectivity index (χ0n) is 13.9. The number of esters is 1. The van der Waals surface area contributed by atoms with Crippen LogP contribution in [0, 0.1) is 5.92 Å². The second-order valence-corrected chi connectivity index (χ2v) is 7.05. The summed E-state index contributed by atoms with van der Waals surface area (Å²) in [5.74, 6) is 2.53. The van der Waals surface area contributed by atoms with Crippen LogP contribution in [0.15, 0.2) is 4.99 Å². The summed E-state index contributed by atoms with van der Waals surface area (Å²) in [7, 11) is 1.76. The Labute approximate surface area is 159 Å². The van der Waals surface area contributed by atoms with Crippen LogP contribution in [0.1, 0.15) is 26.2 Å². The Hall–Kier alpha value is -0.220. The summed E-state index contributed by atoms with van der Waals surface area (Å²) >= 11 is 1.79. The van der Waals surface area contributed by atoms with E-state index in [1.807, 2.05) is 6.92 Å². The fraction of sp³-hybridized carbons (Fsp3) is 0.867. The van der Waals surface area contributed by atoms with E-state index in [1.54, 1.807) is 18.8 Å². The van der Waals surface area contributed by atoms with E-state index in [-0.39, 0.29) is 35.9 Å². The lowest BCUT2D eigenvalue weighted by molar-refractivity contribution is -0.149. The number of hydrogen-bond acceptors (Lipinski definition) is 5. The minimum atomic E-state index is -0.621. The van der Waals surface area contributed by atoms with Gasteiger partial charge in [-0.15, -0.1) is 24.0 Å². The van der Waals surface area contributed by atoms with Crippen LogP contribution in [0.5, 0.6) is 0 Å². The smallest absolute Gasteiger partial charge is 0.309 e. The molecule has 2 N–H and O–H groups in total. The molecule has 2 aliphatic heterocycles. The number of thioether (sulfide) groups is 1. The lowest BCUT2D eigenvalue weighted by Gasteiger charge is -2.34. The molecule has 2 rings (SSSR count). The predicted molar refractivity (Wildman–Crippen MR) is 105 cm³/mol. The number of piperidine rings is 1. The molecule has 0 aliphatic carbocycles. The predicted octanol–water partition coefficient (Wildman–Crippen LogP) is 1.32. The van der Waals surface area contributed by atoms with Crippen LogP contribution in [-0.4, -0.2) is 72.3 Å². The highest BCUT2D eigenvalue weighted by Gasteiger charge is 2.33. The molecule has 2 heterocycles. The van der Waals surface area contributed by atoms with Gasteiger partial charge in [0.15, 0.2) is 5.96 Å². The number of hydrogen-bond donors (Lipinski definition) is 2. The molecule has 8 heteroatoms. The molecule has 23 heavy (non-hydrogen) atoms. The number of ether oxygens (including phenoxy) is 1. The third-order valence-electron chi connectivity index (χ3n) is 4.28. The molecule has 0 bridgehead atoms. The van der Waals surface area contributed by atoms with Crippen molar-refractivity contribution in [1.82, 2.24) is 10.2 Å². The van der Waals surface area contributed by atoms with Crippen LogP contribution in [0.2, 0.25) is 0 Å². The minimum absolute atomic E-state index is 0. The van der Waals surface area contributed by atoms with E-state index in [2.05, 4.69) is 15.2 Å². The number of halogens is 1.